The molecule has 1 spiro atoms. The second kappa shape index (κ2) is 11.1. The molecule has 0 bridgehead atoms. The van der Waals surface area contributed by atoms with Crippen molar-refractivity contribution in [1.82, 2.24) is 39.9 Å². The molecular formula is C40H22N8S2Si. The van der Waals surface area contributed by atoms with E-state index in [-0.39, 0.29) is 0 Å². The van der Waals surface area contributed by atoms with E-state index in [0.717, 1.165) is 11.3 Å². The van der Waals surface area contributed by atoms with Gasteiger partial charge in [-0.15, -0.1) is 0 Å². The Morgan fingerprint density at radius 3 is 1.25 bits per heavy atom. The van der Waals surface area contributed by atoms with E-state index >= 15 is 0 Å². The summed E-state index contributed by atoms with van der Waals surface area (Å²) in [4.78, 5) is 43.7. The van der Waals surface area contributed by atoms with Gasteiger partial charge in [0.15, 0.2) is 8.07 Å². The number of nitrogens with zero attached hydrogens (tertiary/aromatic N) is 8. The zero-order valence-corrected chi connectivity index (χ0v) is 29.2. The van der Waals surface area contributed by atoms with Gasteiger partial charge in [0, 0.05) is 62.3 Å². The van der Waals surface area contributed by atoms with Crippen molar-refractivity contribution in [3.8, 4) is 56.8 Å². The molecule has 11 rings (SSSR count). The Morgan fingerprint density at radius 1 is 0.373 bits per heavy atom. The number of rotatable bonds is 1. The largest absolute Gasteiger partial charge is 0.251 e. The zero-order chi connectivity index (χ0) is 33.5. The number of benzene rings is 4. The molecule has 0 radical (unpaired) electrons. The molecule has 1 aliphatic carbocycles. The van der Waals surface area contributed by atoms with Gasteiger partial charge < -0.3 is 0 Å². The van der Waals surface area contributed by atoms with Crippen LogP contribution in [0.4, 0.5) is 0 Å². The zero-order valence-electron chi connectivity index (χ0n) is 26.6. The van der Waals surface area contributed by atoms with E-state index in [1.807, 2.05) is 29.7 Å². The Hall–Kier alpha value is -5.88. The summed E-state index contributed by atoms with van der Waals surface area (Å²) < 4.78 is 0. The molecule has 51 heavy (non-hydrogen) atoms. The number of hydrogen-bond donors (Lipinski definition) is 0. The van der Waals surface area contributed by atoms with Crippen molar-refractivity contribution in [1.29, 1.82) is 0 Å². The molecule has 2 aliphatic heterocycles. The molecule has 11 heteroatoms. The fourth-order valence-corrected chi connectivity index (χ4v) is 16.9. The molecule has 6 heterocycles. The molecule has 0 unspecified atom stereocenters. The molecule has 0 saturated heterocycles. The smallest absolute Gasteiger partial charge is 0.184 e. The van der Waals surface area contributed by atoms with Crippen molar-refractivity contribution in [3.05, 3.63) is 134 Å². The summed E-state index contributed by atoms with van der Waals surface area (Å²) in [5.74, 6) is 0. The lowest BCUT2D eigenvalue weighted by Gasteiger charge is -2.43. The lowest BCUT2D eigenvalue weighted by Crippen LogP contribution is -2.78. The van der Waals surface area contributed by atoms with E-state index < -0.39 is 8.07 Å². The van der Waals surface area contributed by atoms with Crippen molar-refractivity contribution in [2.24, 2.45) is 0 Å². The number of hydrogen-bond acceptors (Lipinski definition) is 10. The van der Waals surface area contributed by atoms with E-state index in [1.54, 1.807) is 37.2 Å². The van der Waals surface area contributed by atoms with Gasteiger partial charge in [0.1, 0.15) is 45.6 Å². The average molecular weight is 707 g/mol. The summed E-state index contributed by atoms with van der Waals surface area (Å²) in [6, 6.07) is 33.8. The van der Waals surface area contributed by atoms with Gasteiger partial charge in [-0.2, -0.15) is 0 Å². The second-order valence-electron chi connectivity index (χ2n) is 12.4. The molecule has 0 atom stereocenters. The summed E-state index contributed by atoms with van der Waals surface area (Å²) in [5, 5.41) is 5.71. The number of aromatic nitrogens is 8. The van der Waals surface area contributed by atoms with Gasteiger partial charge in [0.25, 0.3) is 0 Å². The Kier molecular flexibility index (Phi) is 6.27. The molecule has 4 aromatic carbocycles. The van der Waals surface area contributed by atoms with Crippen LogP contribution in [-0.4, -0.2) is 47.9 Å². The minimum absolute atomic E-state index is 0.570. The lowest BCUT2D eigenvalue weighted by molar-refractivity contribution is 1.08. The van der Waals surface area contributed by atoms with E-state index in [4.69, 9.17) is 24.9 Å². The van der Waals surface area contributed by atoms with Crippen LogP contribution in [0.15, 0.2) is 154 Å². The Labute approximate surface area is 301 Å². The van der Waals surface area contributed by atoms with Crippen LogP contribution >= 0.6 is 23.5 Å². The highest BCUT2D eigenvalue weighted by molar-refractivity contribution is 8.01. The molecule has 0 amide bonds. The molecule has 8 nitrogen and oxygen atoms in total. The maximum Gasteiger partial charge on any atom is 0.184 e. The molecule has 0 saturated carbocycles. The van der Waals surface area contributed by atoms with Crippen LogP contribution in [0.1, 0.15) is 0 Å². The Balaban J connectivity index is 1.14. The summed E-state index contributed by atoms with van der Waals surface area (Å²) in [7, 11) is -2.66. The maximum absolute atomic E-state index is 5.29. The highest BCUT2D eigenvalue weighted by Crippen LogP contribution is 2.43. The molecule has 238 valence electrons. The van der Waals surface area contributed by atoms with Crippen molar-refractivity contribution in [3.63, 3.8) is 0 Å². The fourth-order valence-electron chi connectivity index (χ4n) is 7.70. The normalized spacial score (nSPS) is 13.9. The summed E-state index contributed by atoms with van der Waals surface area (Å²) in [5.41, 5.74) is 6.28. The minimum atomic E-state index is -2.66. The van der Waals surface area contributed by atoms with Crippen molar-refractivity contribution in [2.75, 3.05) is 0 Å². The van der Waals surface area contributed by atoms with E-state index in [0.29, 0.717) is 45.6 Å². The third-order valence-corrected chi connectivity index (χ3v) is 17.7. The highest BCUT2D eigenvalue weighted by Gasteiger charge is 2.51. The summed E-state index contributed by atoms with van der Waals surface area (Å²) in [6.45, 7) is 0. The lowest BCUT2D eigenvalue weighted by atomic mass is 10.00. The first kappa shape index (κ1) is 28.9. The molecule has 0 fully saturated rings. The maximum atomic E-state index is 5.29. The average Bonchev–Trinajstić information content (AvgIpc) is 3.20. The van der Waals surface area contributed by atoms with Crippen molar-refractivity contribution < 1.29 is 0 Å². The van der Waals surface area contributed by atoms with Gasteiger partial charge >= 0.3 is 0 Å². The van der Waals surface area contributed by atoms with Gasteiger partial charge in [-0.25, -0.2) is 9.97 Å². The first-order chi connectivity index (χ1) is 25.3. The van der Waals surface area contributed by atoms with Crippen LogP contribution in [0.25, 0.3) is 56.8 Å². The standard InChI is InChI=1S/C40H22N8S2Si/c1-4-10-29-25(7-1)49-26-8-2-5-11-30(26)51(29)31-12-6-3-9-27(31)50-28-21-23(13-14-32(28)51)24-22-47-39-37-35(43-17-18-45-37)33-34(42-16-15-41-33)36-38(40(39)48-24)46-20-19-44-36/h1-22H. The monoisotopic (exact) mass is 706 g/mol. The predicted octanol–water partition coefficient (Wildman–Crippen LogP) is 5.80. The number of fused-ring (bicyclic) bond motifs is 16. The van der Waals surface area contributed by atoms with Crippen LogP contribution < -0.4 is 20.7 Å². The third kappa shape index (κ3) is 4.10. The summed E-state index contributed by atoms with van der Waals surface area (Å²) in [6.07, 6.45) is 11.8. The topological polar surface area (TPSA) is 103 Å². The van der Waals surface area contributed by atoms with Crippen molar-refractivity contribution in [2.45, 2.75) is 19.6 Å². The van der Waals surface area contributed by atoms with Gasteiger partial charge in [-0.05, 0) is 45.0 Å². The molecule has 3 aliphatic rings. The van der Waals surface area contributed by atoms with Gasteiger partial charge in [0.05, 0.1) is 11.9 Å². The van der Waals surface area contributed by atoms with E-state index in [9.17, 15) is 0 Å². The van der Waals surface area contributed by atoms with Crippen LogP contribution in [0, 0.1) is 0 Å². The first-order valence-corrected chi connectivity index (χ1v) is 20.0. The quantitative estimate of drug-likeness (QED) is 0.195. The van der Waals surface area contributed by atoms with Crippen LogP contribution in [0.2, 0.25) is 0 Å². The van der Waals surface area contributed by atoms with E-state index in [2.05, 4.69) is 106 Å². The summed E-state index contributed by atoms with van der Waals surface area (Å²) >= 11 is 3.72. The van der Waals surface area contributed by atoms with Crippen LogP contribution in [-0.2, 0) is 0 Å². The van der Waals surface area contributed by atoms with Crippen LogP contribution in [0.3, 0.4) is 0 Å². The predicted molar refractivity (Wildman–Crippen MR) is 201 cm³/mol. The SMILES string of the molecule is c1ccc2c(c1)Sc1ccccc1[Si]21c2ccccc2Sc2cc(-c3cnc4c(n3)-c3nccnc3-c3nccnc3-c3nccnc3-4)ccc21. The molecule has 0 N–H and O–H groups in total. The fraction of sp³-hybridized carbons (Fsp3) is 0. The molecule has 4 aromatic heterocycles. The highest BCUT2D eigenvalue weighted by atomic mass is 32.2. The minimum Gasteiger partial charge on any atom is -0.251 e. The van der Waals surface area contributed by atoms with Crippen molar-refractivity contribution >= 4 is 52.3 Å². The molecule has 8 aromatic rings. The third-order valence-electron chi connectivity index (χ3n) is 9.76. The van der Waals surface area contributed by atoms with E-state index in [1.165, 1.54) is 40.3 Å². The van der Waals surface area contributed by atoms with Gasteiger partial charge in [0.2, 0.25) is 0 Å². The molecular weight excluding hydrogens is 685 g/mol. The first-order valence-electron chi connectivity index (χ1n) is 16.4. The Morgan fingerprint density at radius 2 is 0.765 bits per heavy atom. The second-order valence-corrected chi connectivity index (χ2v) is 18.2. The van der Waals surface area contributed by atoms with Gasteiger partial charge in [-0.1, -0.05) is 90.3 Å². The van der Waals surface area contributed by atoms with Gasteiger partial charge in [-0.3, -0.25) is 29.9 Å². The van der Waals surface area contributed by atoms with Crippen LogP contribution in [0.5, 0.6) is 0 Å². The Bertz CT molecular complexity index is 2690.